The standard InChI is InChI=1S/C15H25N3O/c1-4-13(8-9-17-3)18-15-7-6-14(19-5-2)10-12(15)11-16/h6-7,10-11,13,16-18H,4-5,8-9H2,1-3H3. The van der Waals surface area contributed by atoms with E-state index >= 15 is 0 Å². The van der Waals surface area contributed by atoms with Gasteiger partial charge >= 0.3 is 0 Å². The molecule has 106 valence electrons. The topological polar surface area (TPSA) is 57.1 Å². The lowest BCUT2D eigenvalue weighted by molar-refractivity contribution is 0.340. The molecule has 0 aromatic heterocycles. The van der Waals surface area contributed by atoms with Gasteiger partial charge in [-0.25, -0.2) is 0 Å². The number of anilines is 1. The molecular formula is C15H25N3O. The number of rotatable bonds is 9. The molecule has 0 amide bonds. The maximum absolute atomic E-state index is 7.52. The second-order valence-electron chi connectivity index (χ2n) is 4.47. The van der Waals surface area contributed by atoms with Crippen LogP contribution in [-0.2, 0) is 0 Å². The van der Waals surface area contributed by atoms with Crippen molar-refractivity contribution >= 4 is 11.9 Å². The average Bonchev–Trinajstić information content (AvgIpc) is 2.44. The summed E-state index contributed by atoms with van der Waals surface area (Å²) in [5.41, 5.74) is 1.87. The summed E-state index contributed by atoms with van der Waals surface area (Å²) in [7, 11) is 1.96. The van der Waals surface area contributed by atoms with Crippen LogP contribution < -0.4 is 15.4 Å². The highest BCUT2D eigenvalue weighted by Gasteiger charge is 2.08. The zero-order valence-electron chi connectivity index (χ0n) is 12.1. The first-order valence-electron chi connectivity index (χ1n) is 6.93. The Bertz CT molecular complexity index is 393. The minimum atomic E-state index is 0.420. The van der Waals surface area contributed by atoms with Crippen LogP contribution in [0.25, 0.3) is 0 Å². The van der Waals surface area contributed by atoms with E-state index in [1.807, 2.05) is 32.2 Å². The van der Waals surface area contributed by atoms with Crippen LogP contribution in [0, 0.1) is 5.41 Å². The van der Waals surface area contributed by atoms with Gasteiger partial charge in [-0.15, -0.1) is 0 Å². The molecule has 3 N–H and O–H groups in total. The summed E-state index contributed by atoms with van der Waals surface area (Å²) < 4.78 is 5.46. The normalized spacial score (nSPS) is 11.9. The van der Waals surface area contributed by atoms with Crippen LogP contribution in [0.2, 0.25) is 0 Å². The molecule has 1 atom stereocenters. The zero-order valence-corrected chi connectivity index (χ0v) is 12.1. The van der Waals surface area contributed by atoms with Gasteiger partial charge in [0.25, 0.3) is 0 Å². The van der Waals surface area contributed by atoms with E-state index in [0.29, 0.717) is 12.6 Å². The SMILES string of the molecule is CCOc1ccc(NC(CC)CCNC)c(C=N)c1. The molecule has 0 bridgehead atoms. The molecule has 4 nitrogen and oxygen atoms in total. The second kappa shape index (κ2) is 8.53. The quantitative estimate of drug-likeness (QED) is 0.600. The van der Waals surface area contributed by atoms with Crippen molar-refractivity contribution in [3.63, 3.8) is 0 Å². The fraction of sp³-hybridized carbons (Fsp3) is 0.533. The molecule has 0 saturated carbocycles. The van der Waals surface area contributed by atoms with Crippen LogP contribution in [0.15, 0.2) is 18.2 Å². The fourth-order valence-corrected chi connectivity index (χ4v) is 1.96. The zero-order chi connectivity index (χ0) is 14.1. The second-order valence-corrected chi connectivity index (χ2v) is 4.47. The van der Waals surface area contributed by atoms with Crippen LogP contribution in [0.4, 0.5) is 5.69 Å². The molecule has 1 aromatic carbocycles. The Morgan fingerprint density at radius 2 is 2.16 bits per heavy atom. The van der Waals surface area contributed by atoms with Crippen molar-refractivity contribution in [2.24, 2.45) is 0 Å². The van der Waals surface area contributed by atoms with E-state index < -0.39 is 0 Å². The third-order valence-electron chi connectivity index (χ3n) is 3.08. The minimum Gasteiger partial charge on any atom is -0.494 e. The molecule has 0 spiro atoms. The predicted molar refractivity (Wildman–Crippen MR) is 81.7 cm³/mol. The van der Waals surface area contributed by atoms with E-state index in [1.165, 1.54) is 6.21 Å². The van der Waals surface area contributed by atoms with Crippen molar-refractivity contribution in [1.29, 1.82) is 5.41 Å². The molecule has 1 unspecified atom stereocenters. The van der Waals surface area contributed by atoms with Crippen molar-refractivity contribution in [2.45, 2.75) is 32.7 Å². The minimum absolute atomic E-state index is 0.420. The molecule has 4 heteroatoms. The molecular weight excluding hydrogens is 238 g/mol. The summed E-state index contributed by atoms with van der Waals surface area (Å²) in [6.45, 7) is 5.76. The van der Waals surface area contributed by atoms with Gasteiger partial charge in [0.2, 0.25) is 0 Å². The Morgan fingerprint density at radius 3 is 2.74 bits per heavy atom. The molecule has 1 aromatic rings. The monoisotopic (exact) mass is 263 g/mol. The summed E-state index contributed by atoms with van der Waals surface area (Å²) in [5.74, 6) is 0.815. The highest BCUT2D eigenvalue weighted by molar-refractivity contribution is 5.86. The van der Waals surface area contributed by atoms with E-state index in [1.54, 1.807) is 0 Å². The molecule has 0 fully saturated rings. The predicted octanol–water partition coefficient (Wildman–Crippen LogP) is 2.88. The van der Waals surface area contributed by atoms with Gasteiger partial charge in [-0.2, -0.15) is 0 Å². The van der Waals surface area contributed by atoms with Crippen LogP contribution in [0.3, 0.4) is 0 Å². The number of ether oxygens (including phenoxy) is 1. The molecule has 0 radical (unpaired) electrons. The number of hydrogen-bond acceptors (Lipinski definition) is 4. The molecule has 0 saturated heterocycles. The lowest BCUT2D eigenvalue weighted by atomic mass is 10.1. The first-order chi connectivity index (χ1) is 9.24. The molecule has 1 rings (SSSR count). The highest BCUT2D eigenvalue weighted by Crippen LogP contribution is 2.22. The van der Waals surface area contributed by atoms with Crippen molar-refractivity contribution in [1.82, 2.24) is 5.32 Å². The van der Waals surface area contributed by atoms with E-state index in [2.05, 4.69) is 17.6 Å². The largest absolute Gasteiger partial charge is 0.494 e. The van der Waals surface area contributed by atoms with E-state index in [4.69, 9.17) is 10.1 Å². The Balaban J connectivity index is 2.78. The number of nitrogens with one attached hydrogen (secondary N) is 3. The summed E-state index contributed by atoms with van der Waals surface area (Å²) in [6.07, 6.45) is 3.50. The average molecular weight is 263 g/mol. The van der Waals surface area contributed by atoms with Gasteiger partial charge in [0.05, 0.1) is 6.61 Å². The van der Waals surface area contributed by atoms with Gasteiger partial charge in [0, 0.05) is 23.5 Å². The van der Waals surface area contributed by atoms with Gasteiger partial charge in [0.15, 0.2) is 0 Å². The summed E-state index contributed by atoms with van der Waals surface area (Å²) in [5, 5.41) is 14.2. The van der Waals surface area contributed by atoms with Gasteiger partial charge < -0.3 is 20.8 Å². The molecule has 19 heavy (non-hydrogen) atoms. The van der Waals surface area contributed by atoms with Crippen LogP contribution in [0.1, 0.15) is 32.3 Å². The summed E-state index contributed by atoms with van der Waals surface area (Å²) in [6, 6.07) is 6.27. The molecule has 0 aliphatic rings. The lowest BCUT2D eigenvalue weighted by Crippen LogP contribution is -2.24. The molecule has 0 heterocycles. The van der Waals surface area contributed by atoms with E-state index in [9.17, 15) is 0 Å². The van der Waals surface area contributed by atoms with Gasteiger partial charge in [-0.3, -0.25) is 0 Å². The first kappa shape index (κ1) is 15.5. The number of hydrogen-bond donors (Lipinski definition) is 3. The summed E-state index contributed by atoms with van der Waals surface area (Å²) >= 11 is 0. The van der Waals surface area contributed by atoms with Crippen molar-refractivity contribution in [3.05, 3.63) is 23.8 Å². The van der Waals surface area contributed by atoms with Crippen molar-refractivity contribution in [3.8, 4) is 5.75 Å². The van der Waals surface area contributed by atoms with Crippen molar-refractivity contribution < 1.29 is 4.74 Å². The third-order valence-corrected chi connectivity index (χ3v) is 3.08. The van der Waals surface area contributed by atoms with Crippen LogP contribution in [-0.4, -0.2) is 32.5 Å². The first-order valence-corrected chi connectivity index (χ1v) is 6.93. The van der Waals surface area contributed by atoms with Crippen LogP contribution in [0.5, 0.6) is 5.75 Å². The van der Waals surface area contributed by atoms with Gasteiger partial charge in [-0.1, -0.05) is 6.92 Å². The van der Waals surface area contributed by atoms with Gasteiger partial charge in [0.1, 0.15) is 5.75 Å². The number of benzene rings is 1. The molecule has 0 aliphatic heterocycles. The van der Waals surface area contributed by atoms with Gasteiger partial charge in [-0.05, 0) is 51.6 Å². The maximum atomic E-state index is 7.52. The van der Waals surface area contributed by atoms with Crippen molar-refractivity contribution in [2.75, 3.05) is 25.5 Å². The van der Waals surface area contributed by atoms with Crippen LogP contribution >= 0.6 is 0 Å². The Kier molecular flexibility index (Phi) is 6.97. The van der Waals surface area contributed by atoms with E-state index in [0.717, 1.165) is 36.4 Å². The third kappa shape index (κ3) is 4.91. The highest BCUT2D eigenvalue weighted by atomic mass is 16.5. The fourth-order valence-electron chi connectivity index (χ4n) is 1.96. The lowest BCUT2D eigenvalue weighted by Gasteiger charge is -2.20. The Hall–Kier alpha value is -1.55. The summed E-state index contributed by atoms with van der Waals surface area (Å²) in [4.78, 5) is 0. The smallest absolute Gasteiger partial charge is 0.120 e. The maximum Gasteiger partial charge on any atom is 0.120 e. The Morgan fingerprint density at radius 1 is 1.37 bits per heavy atom. The molecule has 0 aliphatic carbocycles. The Labute approximate surface area is 116 Å². The van der Waals surface area contributed by atoms with E-state index in [-0.39, 0.29) is 0 Å².